The fraction of sp³-hybridized carbons (Fsp3) is 0.625. The highest BCUT2D eigenvalue weighted by molar-refractivity contribution is 5.81. The second-order valence-electron chi connectivity index (χ2n) is 12.6. The van der Waals surface area contributed by atoms with Gasteiger partial charge in [0.05, 0.1) is 43.0 Å². The molecule has 0 saturated carbocycles. The Kier molecular flexibility index (Phi) is 12.7. The van der Waals surface area contributed by atoms with E-state index >= 15 is 0 Å². The van der Waals surface area contributed by atoms with E-state index in [0.29, 0.717) is 49.9 Å². The molecule has 52 heavy (non-hydrogen) atoms. The zero-order valence-corrected chi connectivity index (χ0v) is 27.8. The number of aliphatic hydroxyl groups is 4. The molecule has 6 aliphatic rings. The number of rotatable bonds is 12. The third-order valence-electron chi connectivity index (χ3n) is 8.85. The summed E-state index contributed by atoms with van der Waals surface area (Å²) in [6.45, 7) is -0.753. The average molecular weight is 743 g/mol. The highest BCUT2D eigenvalue weighted by Gasteiger charge is 2.43. The van der Waals surface area contributed by atoms with Crippen molar-refractivity contribution in [3.63, 3.8) is 0 Å². The van der Waals surface area contributed by atoms with Crippen LogP contribution >= 0.6 is 0 Å². The van der Waals surface area contributed by atoms with Gasteiger partial charge in [0, 0.05) is 62.2 Å². The monoisotopic (exact) mass is 742 g/mol. The van der Waals surface area contributed by atoms with Crippen LogP contribution in [0.4, 0.5) is 22.8 Å². The first-order valence-corrected chi connectivity index (χ1v) is 16.8. The Morgan fingerprint density at radius 2 is 1.35 bits per heavy atom. The van der Waals surface area contributed by atoms with Gasteiger partial charge in [-0.2, -0.15) is 18.4 Å². The maximum atomic E-state index is 12.3. The molecule has 20 heteroatoms. The van der Waals surface area contributed by atoms with Gasteiger partial charge in [-0.25, -0.2) is 9.59 Å². The number of alkyl halides is 3. The van der Waals surface area contributed by atoms with Crippen molar-refractivity contribution in [2.24, 2.45) is 0 Å². The van der Waals surface area contributed by atoms with E-state index in [2.05, 4.69) is 16.7 Å². The summed E-state index contributed by atoms with van der Waals surface area (Å²) < 4.78 is 58.6. The predicted octanol–water partition coefficient (Wildman–Crippen LogP) is 0.750. The first kappa shape index (κ1) is 38.8. The zero-order chi connectivity index (χ0) is 37.6. The first-order valence-electron chi connectivity index (χ1n) is 16.8. The Bertz CT molecular complexity index is 1510. The van der Waals surface area contributed by atoms with Gasteiger partial charge in [-0.3, -0.25) is 25.2 Å². The fourth-order valence-corrected chi connectivity index (χ4v) is 6.14. The van der Waals surface area contributed by atoms with Gasteiger partial charge in [0.15, 0.2) is 0 Å². The number of nitriles is 1. The number of fused-ring (bicyclic) bond motifs is 2. The highest BCUT2D eigenvalue weighted by atomic mass is 19.4. The summed E-state index contributed by atoms with van der Waals surface area (Å²) in [5.74, 6) is -0.666. The second-order valence-corrected chi connectivity index (χ2v) is 12.6. The van der Waals surface area contributed by atoms with Gasteiger partial charge >= 0.3 is 24.1 Å². The van der Waals surface area contributed by atoms with E-state index in [1.165, 1.54) is 9.80 Å². The maximum absolute atomic E-state index is 12.3. The number of hydrogen-bond donors (Lipinski definition) is 7. The summed E-state index contributed by atoms with van der Waals surface area (Å²) in [6, 6.07) is 1.24. The van der Waals surface area contributed by atoms with E-state index in [-0.39, 0.29) is 38.6 Å². The van der Waals surface area contributed by atoms with E-state index in [0.717, 1.165) is 11.3 Å². The van der Waals surface area contributed by atoms with Crippen molar-refractivity contribution in [3.8, 4) is 6.07 Å². The maximum Gasteiger partial charge on any atom is 0.471 e. The molecule has 17 nitrogen and oxygen atoms in total. The van der Waals surface area contributed by atoms with E-state index in [1.54, 1.807) is 23.8 Å². The molecule has 0 aliphatic carbocycles. The molecule has 0 aromatic carbocycles. The summed E-state index contributed by atoms with van der Waals surface area (Å²) in [7, 11) is 0. The number of nitrogens with zero attached hydrogens (tertiary/aromatic N) is 3. The van der Waals surface area contributed by atoms with Crippen molar-refractivity contribution in [1.29, 1.82) is 5.26 Å². The Balaban J connectivity index is 0.000000206. The molecule has 8 unspecified atom stereocenters. The minimum Gasteiger partial charge on any atom is -0.471 e. The number of hydrogen-bond acceptors (Lipinski definition) is 12. The molecular weight excluding hydrogens is 701 g/mol. The van der Waals surface area contributed by atoms with Crippen molar-refractivity contribution >= 4 is 18.0 Å². The topological polar surface area (TPSA) is 235 Å². The highest BCUT2D eigenvalue weighted by Crippen LogP contribution is 2.33. The first-order chi connectivity index (χ1) is 24.8. The molecule has 6 heterocycles. The predicted molar refractivity (Wildman–Crippen MR) is 168 cm³/mol. The molecule has 2 fully saturated rings. The summed E-state index contributed by atoms with van der Waals surface area (Å²) in [6.07, 6.45) is -0.296. The second kappa shape index (κ2) is 17.0. The van der Waals surface area contributed by atoms with Crippen LogP contribution in [0, 0.1) is 11.3 Å². The lowest BCUT2D eigenvalue weighted by Gasteiger charge is -2.31. The lowest BCUT2D eigenvalue weighted by atomic mass is 10.1. The molecule has 2 saturated heterocycles. The van der Waals surface area contributed by atoms with Crippen molar-refractivity contribution in [2.75, 3.05) is 19.8 Å². The molecule has 7 N–H and O–H groups in total. The number of ether oxygens (including phenoxy) is 4. The number of allylic oxidation sites excluding steroid dienone is 2. The van der Waals surface area contributed by atoms with Crippen LogP contribution < -0.4 is 16.0 Å². The Morgan fingerprint density at radius 1 is 0.865 bits per heavy atom. The van der Waals surface area contributed by atoms with Crippen molar-refractivity contribution < 1.29 is 66.9 Å². The quantitative estimate of drug-likeness (QED) is 0.137. The van der Waals surface area contributed by atoms with Crippen LogP contribution in [0.15, 0.2) is 47.2 Å². The van der Waals surface area contributed by atoms with E-state index in [9.17, 15) is 37.8 Å². The molecule has 6 rings (SSSR count). The van der Waals surface area contributed by atoms with Gasteiger partial charge in [-0.1, -0.05) is 0 Å². The van der Waals surface area contributed by atoms with Crippen LogP contribution in [-0.2, 0) is 23.7 Å². The largest absolute Gasteiger partial charge is 0.471 e. The molecule has 0 aromatic heterocycles. The SMILES string of the molecule is N#CCCCC1=CC2=CN(C3CC(O)C(CO)O3)C(=O)NC2O1.O=C1NC2OC(CCCCNC(=O)C(F)(F)F)=CC2=CN1C1CC(O)C(CO)O1. The number of amides is 5. The minimum absolute atomic E-state index is 0.102. The molecule has 5 amide bonds. The molecular formula is C32H41F3N6O11. The lowest BCUT2D eigenvalue weighted by Crippen LogP contribution is -2.51. The van der Waals surface area contributed by atoms with Gasteiger partial charge in [0.25, 0.3) is 0 Å². The number of carbonyl (C=O) groups is 3. The zero-order valence-electron chi connectivity index (χ0n) is 27.8. The average Bonchev–Trinajstić information content (AvgIpc) is 3.87. The summed E-state index contributed by atoms with van der Waals surface area (Å²) in [5, 5.41) is 53.7. The van der Waals surface area contributed by atoms with Gasteiger partial charge in [-0.15, -0.1) is 0 Å². The number of halogens is 3. The number of urea groups is 2. The van der Waals surface area contributed by atoms with Gasteiger partial charge in [0.1, 0.15) is 24.7 Å². The van der Waals surface area contributed by atoms with Crippen LogP contribution in [0.2, 0.25) is 0 Å². The van der Waals surface area contributed by atoms with Crippen LogP contribution in [0.5, 0.6) is 0 Å². The van der Waals surface area contributed by atoms with Gasteiger partial charge in [-0.05, 0) is 31.4 Å². The molecule has 6 aliphatic heterocycles. The number of aliphatic hydroxyl groups excluding tert-OH is 4. The third kappa shape index (κ3) is 9.33. The van der Waals surface area contributed by atoms with Crippen LogP contribution in [0.25, 0.3) is 0 Å². The van der Waals surface area contributed by atoms with Crippen molar-refractivity contribution in [3.05, 3.63) is 47.2 Å². The Morgan fingerprint density at radius 3 is 1.77 bits per heavy atom. The molecule has 8 atom stereocenters. The third-order valence-corrected chi connectivity index (χ3v) is 8.85. The fourth-order valence-electron chi connectivity index (χ4n) is 6.14. The standard InChI is InChI=1S/C17H22F3N3O6.C15H19N3O5/c18-17(19,20)15(26)21-4-2-1-3-10-5-9-7-23(16(27)22-14(9)28-10)13-6-11(25)12(8-24)29-13;16-4-2-1-3-10-5-9-7-18(15(21)17-14(9)22-10)13-6-11(20)12(8-19)23-13/h5,7,11-14,24-25H,1-4,6,8H2,(H,21,26)(H,22,27);5,7,11-14,19-20H,1-3,6,8H2,(H,17,21). The Hall–Kier alpha value is -4.39. The van der Waals surface area contributed by atoms with E-state index < -0.39 is 67.4 Å². The Labute approximate surface area is 295 Å². The normalized spacial score (nSPS) is 30.6. The van der Waals surface area contributed by atoms with Crippen LogP contribution in [0.1, 0.15) is 51.4 Å². The number of nitrogens with one attached hydrogen (secondary N) is 3. The van der Waals surface area contributed by atoms with E-state index in [1.807, 2.05) is 6.08 Å². The molecule has 0 aromatic rings. The lowest BCUT2D eigenvalue weighted by molar-refractivity contribution is -0.173. The smallest absolute Gasteiger partial charge is 0.471 e. The molecule has 0 bridgehead atoms. The van der Waals surface area contributed by atoms with E-state index in [4.69, 9.17) is 34.4 Å². The molecule has 0 spiro atoms. The van der Waals surface area contributed by atoms with Crippen molar-refractivity contribution in [2.45, 2.75) is 107 Å². The number of unbranched alkanes of at least 4 members (excludes halogenated alkanes) is 2. The van der Waals surface area contributed by atoms with Crippen LogP contribution in [0.3, 0.4) is 0 Å². The van der Waals surface area contributed by atoms with Gasteiger partial charge in [0.2, 0.25) is 12.5 Å². The summed E-state index contributed by atoms with van der Waals surface area (Å²) in [5.41, 5.74) is 1.46. The van der Waals surface area contributed by atoms with Crippen LogP contribution in [-0.4, -0.2) is 123 Å². The summed E-state index contributed by atoms with van der Waals surface area (Å²) in [4.78, 5) is 37.9. The minimum atomic E-state index is -4.89. The number of carbonyl (C=O) groups excluding carboxylic acids is 3. The molecule has 286 valence electrons. The van der Waals surface area contributed by atoms with Gasteiger partial charge < -0.3 is 44.7 Å². The summed E-state index contributed by atoms with van der Waals surface area (Å²) >= 11 is 0. The van der Waals surface area contributed by atoms with Crippen molar-refractivity contribution in [1.82, 2.24) is 25.8 Å². The molecule has 0 radical (unpaired) electrons.